The van der Waals surface area contributed by atoms with Crippen molar-refractivity contribution in [2.45, 2.75) is 79.0 Å². The summed E-state index contributed by atoms with van der Waals surface area (Å²) in [7, 11) is -4.24. The minimum atomic E-state index is -5.16. The molecule has 2 fully saturated rings. The van der Waals surface area contributed by atoms with Crippen LogP contribution >= 0.6 is 0 Å². The Morgan fingerprint density at radius 3 is 2.30 bits per heavy atom. The van der Waals surface area contributed by atoms with Crippen LogP contribution in [-0.4, -0.2) is 44.2 Å². The number of rotatable bonds is 6. The van der Waals surface area contributed by atoms with E-state index < -0.39 is 55.2 Å². The molecule has 1 aliphatic heterocycles. The second-order valence-electron chi connectivity index (χ2n) is 11.6. The number of halogens is 5. The number of benzene rings is 2. The van der Waals surface area contributed by atoms with Crippen molar-refractivity contribution in [2.24, 2.45) is 11.8 Å². The number of nitrogens with one attached hydrogen (secondary N) is 1. The Morgan fingerprint density at radius 1 is 1.02 bits per heavy atom. The molecule has 0 radical (unpaired) electrons. The lowest BCUT2D eigenvalue weighted by Gasteiger charge is -2.43. The van der Waals surface area contributed by atoms with Gasteiger partial charge in [0.1, 0.15) is 16.2 Å². The Kier molecular flexibility index (Phi) is 7.19. The molecule has 11 heteroatoms. The second kappa shape index (κ2) is 9.87. The van der Waals surface area contributed by atoms with Crippen LogP contribution in [-0.2, 0) is 31.5 Å². The summed E-state index contributed by atoms with van der Waals surface area (Å²) in [5.41, 5.74) is -5.11. The third-order valence-electron chi connectivity index (χ3n) is 9.42. The van der Waals surface area contributed by atoms with E-state index in [0.717, 1.165) is 36.4 Å². The largest absolute Gasteiger partial charge is 0.426 e. The van der Waals surface area contributed by atoms with Crippen molar-refractivity contribution in [3.05, 3.63) is 65.0 Å². The molecule has 5 rings (SSSR count). The molecule has 0 bridgehead atoms. The monoisotopic (exact) mass is 585 g/mol. The Hall–Kier alpha value is -2.37. The van der Waals surface area contributed by atoms with Gasteiger partial charge in [0.05, 0.1) is 4.90 Å². The van der Waals surface area contributed by atoms with Crippen molar-refractivity contribution in [1.29, 1.82) is 0 Å². The van der Waals surface area contributed by atoms with Crippen LogP contribution in [0.4, 0.5) is 22.0 Å². The molecule has 0 spiro atoms. The van der Waals surface area contributed by atoms with Crippen molar-refractivity contribution in [1.82, 2.24) is 5.32 Å². The van der Waals surface area contributed by atoms with Crippen molar-refractivity contribution >= 4 is 15.6 Å². The molecule has 1 heterocycles. The van der Waals surface area contributed by atoms with Crippen LogP contribution in [0.5, 0.6) is 0 Å². The quantitative estimate of drug-likeness (QED) is 0.356. The number of fused-ring (bicyclic) bond motifs is 3. The highest BCUT2D eigenvalue weighted by molar-refractivity contribution is 7.92. The first kappa shape index (κ1) is 29.1. The van der Waals surface area contributed by atoms with Gasteiger partial charge in [0.25, 0.3) is 0 Å². The minimum absolute atomic E-state index is 0.0219. The molecule has 4 atom stereocenters. The fraction of sp³-hybridized carbons (Fsp3) is 0.552. The molecule has 40 heavy (non-hydrogen) atoms. The first-order valence-corrected chi connectivity index (χ1v) is 15.0. The Labute approximate surface area is 230 Å². The van der Waals surface area contributed by atoms with Crippen LogP contribution < -0.4 is 5.32 Å². The van der Waals surface area contributed by atoms with Gasteiger partial charge in [-0.15, -0.1) is 0 Å². The number of hydrogen-bond acceptors (Lipinski definition) is 5. The van der Waals surface area contributed by atoms with Crippen molar-refractivity contribution < 1.29 is 40.3 Å². The lowest BCUT2D eigenvalue weighted by molar-refractivity contribution is -0.228. The summed E-state index contributed by atoms with van der Waals surface area (Å²) >= 11 is 0. The fourth-order valence-electron chi connectivity index (χ4n) is 7.04. The standard InChI is InChI=1S/C29H32F5NO4S/c1-26(31,29(32,33)34)20-3-9-24-18(16-20)2-8-23-19(17-25(36)27(37)12-14-35-15-13-27)10-11-28(23,24)40(38,39)22-6-4-21(30)5-7-22/h3-7,9,16,19,23,35,37H,2,8,10-15,17H2,1H3/t19-,23-,26?,28-/m0/s1. The van der Waals surface area contributed by atoms with Gasteiger partial charge in [-0.2, -0.15) is 13.2 Å². The summed E-state index contributed by atoms with van der Waals surface area (Å²) in [4.78, 5) is 13.2. The summed E-state index contributed by atoms with van der Waals surface area (Å²) in [6.45, 7) is 1.41. The normalized spacial score (nSPS) is 27.9. The van der Waals surface area contributed by atoms with Crippen LogP contribution in [0.2, 0.25) is 0 Å². The molecule has 0 amide bonds. The number of piperidine rings is 1. The SMILES string of the molecule is CC(F)(c1ccc2c(c1)CC[C@H]1[C@H](CC(=O)C3(O)CCNCC3)CC[C@@]21S(=O)(=O)c1ccc(F)cc1)C(F)(F)F. The van der Waals surface area contributed by atoms with E-state index in [-0.39, 0.29) is 49.2 Å². The fourth-order valence-corrected chi connectivity index (χ4v) is 9.54. The summed E-state index contributed by atoms with van der Waals surface area (Å²) in [5, 5.41) is 14.1. The Balaban J connectivity index is 1.60. The van der Waals surface area contributed by atoms with Crippen LogP contribution in [0.1, 0.15) is 62.1 Å². The molecular formula is C29H32F5NO4S. The van der Waals surface area contributed by atoms with Crippen LogP contribution in [0.15, 0.2) is 47.4 Å². The minimum Gasteiger partial charge on any atom is -0.382 e. The lowest BCUT2D eigenvalue weighted by Crippen LogP contribution is -2.49. The van der Waals surface area contributed by atoms with E-state index in [2.05, 4.69) is 5.32 Å². The van der Waals surface area contributed by atoms with Gasteiger partial charge in [0.15, 0.2) is 15.6 Å². The van der Waals surface area contributed by atoms with E-state index in [1.54, 1.807) is 0 Å². The van der Waals surface area contributed by atoms with Gasteiger partial charge in [-0.1, -0.05) is 18.2 Å². The zero-order valence-corrected chi connectivity index (χ0v) is 22.8. The maximum Gasteiger partial charge on any atom is 0.426 e. The second-order valence-corrected chi connectivity index (χ2v) is 13.8. The lowest BCUT2D eigenvalue weighted by atomic mass is 9.71. The summed E-state index contributed by atoms with van der Waals surface area (Å²) in [6.07, 6.45) is -3.77. The van der Waals surface area contributed by atoms with Crippen LogP contribution in [0.3, 0.4) is 0 Å². The van der Waals surface area contributed by atoms with Crippen molar-refractivity contribution in [2.75, 3.05) is 13.1 Å². The highest BCUT2D eigenvalue weighted by Gasteiger charge is 2.61. The van der Waals surface area contributed by atoms with E-state index in [4.69, 9.17) is 0 Å². The van der Waals surface area contributed by atoms with Gasteiger partial charge in [-0.05, 0) is 111 Å². The zero-order valence-electron chi connectivity index (χ0n) is 22.0. The molecule has 1 saturated carbocycles. The number of ketones is 1. The molecule has 1 unspecified atom stereocenters. The Bertz CT molecular complexity index is 1400. The van der Waals surface area contributed by atoms with Crippen LogP contribution in [0, 0.1) is 17.7 Å². The van der Waals surface area contributed by atoms with Gasteiger partial charge < -0.3 is 10.4 Å². The molecule has 218 valence electrons. The number of sulfone groups is 1. The van der Waals surface area contributed by atoms with Gasteiger partial charge in [-0.25, -0.2) is 17.2 Å². The van der Waals surface area contributed by atoms with E-state index in [9.17, 15) is 40.3 Å². The molecular weight excluding hydrogens is 553 g/mol. The highest BCUT2D eigenvalue weighted by Crippen LogP contribution is 2.60. The average molecular weight is 586 g/mol. The van der Waals surface area contributed by atoms with Crippen molar-refractivity contribution in [3.63, 3.8) is 0 Å². The average Bonchev–Trinajstić information content (AvgIpc) is 3.28. The number of Topliss-reactive ketones (excluding diaryl/α,β-unsaturated/α-hetero) is 1. The number of hydrogen-bond donors (Lipinski definition) is 2. The van der Waals surface area contributed by atoms with Gasteiger partial charge >= 0.3 is 6.18 Å². The van der Waals surface area contributed by atoms with E-state index >= 15 is 0 Å². The smallest absolute Gasteiger partial charge is 0.382 e. The highest BCUT2D eigenvalue weighted by atomic mass is 32.2. The summed E-state index contributed by atoms with van der Waals surface area (Å²) in [6, 6.07) is 7.78. The predicted octanol–water partition coefficient (Wildman–Crippen LogP) is 5.29. The maximum absolute atomic E-state index is 14.9. The molecule has 0 aromatic heterocycles. The number of carbonyl (C=O) groups excluding carboxylic acids is 1. The summed E-state index contributed by atoms with van der Waals surface area (Å²) < 4.78 is 96.2. The molecule has 3 aliphatic rings. The van der Waals surface area contributed by atoms with Gasteiger partial charge in [0, 0.05) is 6.42 Å². The van der Waals surface area contributed by atoms with Crippen molar-refractivity contribution in [3.8, 4) is 0 Å². The van der Waals surface area contributed by atoms with E-state index in [1.807, 2.05) is 0 Å². The first-order valence-electron chi connectivity index (χ1n) is 13.5. The predicted molar refractivity (Wildman–Crippen MR) is 137 cm³/mol. The summed E-state index contributed by atoms with van der Waals surface area (Å²) in [5.74, 6) is -1.93. The Morgan fingerprint density at radius 2 is 1.68 bits per heavy atom. The van der Waals surface area contributed by atoms with Gasteiger partial charge in [0.2, 0.25) is 5.67 Å². The maximum atomic E-state index is 14.9. The van der Waals surface area contributed by atoms with Gasteiger partial charge in [-0.3, -0.25) is 4.79 Å². The number of aliphatic hydroxyl groups is 1. The number of carbonyl (C=O) groups is 1. The van der Waals surface area contributed by atoms with E-state index in [0.29, 0.717) is 37.6 Å². The third kappa shape index (κ3) is 4.48. The molecule has 5 nitrogen and oxygen atoms in total. The number of alkyl halides is 4. The topological polar surface area (TPSA) is 83.5 Å². The third-order valence-corrected chi connectivity index (χ3v) is 12.0. The zero-order chi connectivity index (χ0) is 29.1. The molecule has 1 saturated heterocycles. The van der Waals surface area contributed by atoms with Crippen LogP contribution in [0.25, 0.3) is 0 Å². The number of aryl methyl sites for hydroxylation is 1. The molecule has 2 aliphatic carbocycles. The first-order chi connectivity index (χ1) is 18.6. The molecule has 2 aromatic carbocycles. The molecule has 2 N–H and O–H groups in total. The molecule has 2 aromatic rings. The van der Waals surface area contributed by atoms with E-state index in [1.165, 1.54) is 6.07 Å².